The van der Waals surface area contributed by atoms with Gasteiger partial charge in [0.15, 0.2) is 0 Å². The van der Waals surface area contributed by atoms with E-state index in [0.29, 0.717) is 5.92 Å². The number of nitrogens with one attached hydrogen (secondary N) is 2. The SMILES string of the molecule is CC(C)(C)OC(=O)N[C@@]12CCC[C@H]1CNC2. The topological polar surface area (TPSA) is 50.4 Å². The second-order valence-electron chi connectivity index (χ2n) is 6.00. The third-order valence-electron chi connectivity index (χ3n) is 3.54. The fourth-order valence-corrected chi connectivity index (χ4v) is 2.86. The lowest BCUT2D eigenvalue weighted by atomic mass is 9.91. The van der Waals surface area contributed by atoms with Crippen LogP contribution in [0.3, 0.4) is 0 Å². The maximum Gasteiger partial charge on any atom is 0.408 e. The Morgan fingerprint density at radius 2 is 2.25 bits per heavy atom. The number of amides is 1. The van der Waals surface area contributed by atoms with Gasteiger partial charge in [-0.25, -0.2) is 4.79 Å². The number of fused-ring (bicyclic) bond motifs is 1. The van der Waals surface area contributed by atoms with Crippen LogP contribution < -0.4 is 10.6 Å². The van der Waals surface area contributed by atoms with Crippen LogP contribution in [0.5, 0.6) is 0 Å². The Balaban J connectivity index is 1.96. The van der Waals surface area contributed by atoms with Crippen molar-refractivity contribution in [2.75, 3.05) is 13.1 Å². The number of ether oxygens (including phenoxy) is 1. The zero-order chi connectivity index (χ0) is 11.8. The fraction of sp³-hybridized carbons (Fsp3) is 0.917. The van der Waals surface area contributed by atoms with Crippen molar-refractivity contribution in [2.24, 2.45) is 5.92 Å². The van der Waals surface area contributed by atoms with Crippen LogP contribution in [-0.4, -0.2) is 30.3 Å². The van der Waals surface area contributed by atoms with E-state index in [4.69, 9.17) is 4.74 Å². The molecule has 0 spiro atoms. The minimum Gasteiger partial charge on any atom is -0.444 e. The first-order chi connectivity index (χ1) is 7.41. The van der Waals surface area contributed by atoms with Crippen molar-refractivity contribution < 1.29 is 9.53 Å². The number of hydrogen-bond donors (Lipinski definition) is 2. The third-order valence-corrected chi connectivity index (χ3v) is 3.54. The molecular weight excluding hydrogens is 204 g/mol. The summed E-state index contributed by atoms with van der Waals surface area (Å²) in [5, 5.41) is 6.45. The van der Waals surface area contributed by atoms with Crippen LogP contribution in [0.25, 0.3) is 0 Å². The summed E-state index contributed by atoms with van der Waals surface area (Å²) in [4.78, 5) is 11.8. The van der Waals surface area contributed by atoms with Crippen molar-refractivity contribution in [2.45, 2.75) is 51.2 Å². The van der Waals surface area contributed by atoms with Gasteiger partial charge in [-0.15, -0.1) is 0 Å². The normalized spacial score (nSPS) is 33.6. The van der Waals surface area contributed by atoms with E-state index < -0.39 is 5.60 Å². The molecule has 2 rings (SSSR count). The lowest BCUT2D eigenvalue weighted by molar-refractivity contribution is 0.0449. The lowest BCUT2D eigenvalue weighted by Crippen LogP contribution is -2.53. The molecule has 4 nitrogen and oxygen atoms in total. The molecule has 1 aliphatic carbocycles. The second kappa shape index (κ2) is 3.91. The average molecular weight is 226 g/mol. The molecule has 0 bridgehead atoms. The van der Waals surface area contributed by atoms with E-state index in [2.05, 4.69) is 10.6 Å². The van der Waals surface area contributed by atoms with Gasteiger partial charge in [0.2, 0.25) is 0 Å². The summed E-state index contributed by atoms with van der Waals surface area (Å²) in [6.07, 6.45) is 3.22. The molecule has 16 heavy (non-hydrogen) atoms. The smallest absolute Gasteiger partial charge is 0.408 e. The van der Waals surface area contributed by atoms with Crippen molar-refractivity contribution in [3.63, 3.8) is 0 Å². The van der Waals surface area contributed by atoms with Gasteiger partial charge in [0.1, 0.15) is 5.60 Å². The van der Waals surface area contributed by atoms with E-state index in [9.17, 15) is 4.79 Å². The van der Waals surface area contributed by atoms with Gasteiger partial charge in [0, 0.05) is 13.1 Å². The molecule has 1 saturated heterocycles. The highest BCUT2D eigenvalue weighted by Gasteiger charge is 2.47. The van der Waals surface area contributed by atoms with E-state index in [-0.39, 0.29) is 11.6 Å². The molecule has 2 aliphatic rings. The Morgan fingerprint density at radius 3 is 2.94 bits per heavy atom. The summed E-state index contributed by atoms with van der Waals surface area (Å²) < 4.78 is 5.32. The molecule has 1 saturated carbocycles. The van der Waals surface area contributed by atoms with Gasteiger partial charge in [-0.2, -0.15) is 0 Å². The van der Waals surface area contributed by atoms with Crippen molar-refractivity contribution in [3.8, 4) is 0 Å². The number of carbonyl (C=O) groups is 1. The monoisotopic (exact) mass is 226 g/mol. The van der Waals surface area contributed by atoms with Gasteiger partial charge < -0.3 is 15.4 Å². The molecule has 2 fully saturated rings. The minimum atomic E-state index is -0.416. The van der Waals surface area contributed by atoms with Crippen LogP contribution in [0.15, 0.2) is 0 Å². The third kappa shape index (κ3) is 2.32. The molecule has 1 aliphatic heterocycles. The van der Waals surface area contributed by atoms with Crippen molar-refractivity contribution >= 4 is 6.09 Å². The van der Waals surface area contributed by atoms with Crippen molar-refractivity contribution in [1.82, 2.24) is 10.6 Å². The van der Waals surface area contributed by atoms with Crippen LogP contribution in [0.4, 0.5) is 4.79 Å². The summed E-state index contributed by atoms with van der Waals surface area (Å²) in [6, 6.07) is 0. The zero-order valence-corrected chi connectivity index (χ0v) is 10.4. The predicted octanol–water partition coefficient (Wildman–Crippen LogP) is 1.65. The minimum absolute atomic E-state index is 0.0394. The number of carbonyl (C=O) groups excluding carboxylic acids is 1. The molecule has 92 valence electrons. The Kier molecular flexibility index (Phi) is 2.86. The van der Waals surface area contributed by atoms with Crippen LogP contribution in [0.2, 0.25) is 0 Å². The van der Waals surface area contributed by atoms with E-state index in [1.807, 2.05) is 20.8 Å². The van der Waals surface area contributed by atoms with Crippen LogP contribution in [0, 0.1) is 5.92 Å². The molecule has 0 unspecified atom stereocenters. The first-order valence-corrected chi connectivity index (χ1v) is 6.13. The zero-order valence-electron chi connectivity index (χ0n) is 10.4. The summed E-state index contributed by atoms with van der Waals surface area (Å²) in [6.45, 7) is 7.59. The van der Waals surface area contributed by atoms with Crippen LogP contribution in [-0.2, 0) is 4.74 Å². The molecule has 2 atom stereocenters. The quantitative estimate of drug-likeness (QED) is 0.715. The molecule has 0 aromatic carbocycles. The van der Waals surface area contributed by atoms with Crippen molar-refractivity contribution in [1.29, 1.82) is 0 Å². The maximum absolute atomic E-state index is 11.8. The first kappa shape index (κ1) is 11.7. The Bertz CT molecular complexity index is 273. The predicted molar refractivity (Wildman–Crippen MR) is 62.3 cm³/mol. The molecular formula is C12H22N2O2. The van der Waals surface area contributed by atoms with E-state index in [1.54, 1.807) is 0 Å². The maximum atomic E-state index is 11.8. The molecule has 0 aromatic rings. The number of alkyl carbamates (subject to hydrolysis) is 1. The van der Waals surface area contributed by atoms with Gasteiger partial charge in [-0.05, 0) is 39.5 Å². The van der Waals surface area contributed by atoms with Gasteiger partial charge in [-0.1, -0.05) is 6.42 Å². The highest BCUT2D eigenvalue weighted by atomic mass is 16.6. The Morgan fingerprint density at radius 1 is 1.50 bits per heavy atom. The largest absolute Gasteiger partial charge is 0.444 e. The Labute approximate surface area is 97.1 Å². The fourth-order valence-electron chi connectivity index (χ4n) is 2.86. The highest BCUT2D eigenvalue weighted by Crippen LogP contribution is 2.38. The molecule has 1 amide bonds. The van der Waals surface area contributed by atoms with Gasteiger partial charge in [-0.3, -0.25) is 0 Å². The molecule has 2 N–H and O–H groups in total. The summed E-state index contributed by atoms with van der Waals surface area (Å²) in [7, 11) is 0. The van der Waals surface area contributed by atoms with Crippen LogP contribution in [0.1, 0.15) is 40.0 Å². The second-order valence-corrected chi connectivity index (χ2v) is 6.00. The van der Waals surface area contributed by atoms with Gasteiger partial charge in [0.25, 0.3) is 0 Å². The average Bonchev–Trinajstić information content (AvgIpc) is 2.57. The molecule has 1 heterocycles. The lowest BCUT2D eigenvalue weighted by Gasteiger charge is -2.31. The standard InChI is InChI=1S/C12H22N2O2/c1-11(2,3)16-10(15)14-12-6-4-5-9(12)7-13-8-12/h9,13H,4-8H2,1-3H3,(H,14,15)/t9-,12+/m0/s1. The van der Waals surface area contributed by atoms with Crippen molar-refractivity contribution in [3.05, 3.63) is 0 Å². The summed E-state index contributed by atoms with van der Waals surface area (Å²) in [5.74, 6) is 0.583. The number of hydrogen-bond acceptors (Lipinski definition) is 3. The highest BCUT2D eigenvalue weighted by molar-refractivity contribution is 5.69. The van der Waals surface area contributed by atoms with E-state index >= 15 is 0 Å². The first-order valence-electron chi connectivity index (χ1n) is 6.13. The van der Waals surface area contributed by atoms with E-state index in [0.717, 1.165) is 19.5 Å². The van der Waals surface area contributed by atoms with Crippen LogP contribution >= 0.6 is 0 Å². The van der Waals surface area contributed by atoms with Gasteiger partial charge >= 0.3 is 6.09 Å². The molecule has 0 radical (unpaired) electrons. The summed E-state index contributed by atoms with van der Waals surface area (Å²) >= 11 is 0. The molecule has 0 aromatic heterocycles. The molecule has 4 heteroatoms. The summed E-state index contributed by atoms with van der Waals surface area (Å²) in [5.41, 5.74) is -0.455. The van der Waals surface area contributed by atoms with E-state index in [1.165, 1.54) is 12.8 Å². The number of rotatable bonds is 1. The van der Waals surface area contributed by atoms with Gasteiger partial charge in [0.05, 0.1) is 5.54 Å². The Hall–Kier alpha value is -0.770.